The van der Waals surface area contributed by atoms with Gasteiger partial charge in [0, 0.05) is 5.56 Å². The summed E-state index contributed by atoms with van der Waals surface area (Å²) in [4.78, 5) is 23.0. The molecular formula is C17H18N2O4. The first-order chi connectivity index (χ1) is 11.0. The van der Waals surface area contributed by atoms with Crippen LogP contribution in [0.2, 0.25) is 0 Å². The van der Waals surface area contributed by atoms with Crippen LogP contribution in [-0.4, -0.2) is 17.4 Å². The van der Waals surface area contributed by atoms with Crippen molar-refractivity contribution in [3.8, 4) is 5.75 Å². The van der Waals surface area contributed by atoms with Gasteiger partial charge in [0.15, 0.2) is 0 Å². The van der Waals surface area contributed by atoms with Gasteiger partial charge in [-0.25, -0.2) is 0 Å². The van der Waals surface area contributed by atoms with Gasteiger partial charge in [-0.2, -0.15) is 0 Å². The number of aryl methyl sites for hydroxylation is 1. The van der Waals surface area contributed by atoms with Gasteiger partial charge in [-0.15, -0.1) is 0 Å². The Morgan fingerprint density at radius 3 is 2.65 bits per heavy atom. The Bertz CT molecular complexity index is 728. The zero-order valence-electron chi connectivity index (χ0n) is 13.0. The fourth-order valence-corrected chi connectivity index (χ4v) is 2.10. The molecule has 0 saturated carbocycles. The lowest BCUT2D eigenvalue weighted by atomic mass is 10.1. The van der Waals surface area contributed by atoms with Crippen molar-refractivity contribution in [1.82, 2.24) is 0 Å². The van der Waals surface area contributed by atoms with Crippen LogP contribution in [-0.2, 0) is 0 Å². The highest BCUT2D eigenvalue weighted by atomic mass is 16.6. The van der Waals surface area contributed by atoms with Gasteiger partial charge in [0.05, 0.1) is 17.6 Å². The number of rotatable bonds is 6. The summed E-state index contributed by atoms with van der Waals surface area (Å²) in [6.07, 6.45) is 0.805. The first-order valence-electron chi connectivity index (χ1n) is 7.31. The van der Waals surface area contributed by atoms with Crippen molar-refractivity contribution in [3.63, 3.8) is 0 Å². The summed E-state index contributed by atoms with van der Waals surface area (Å²) in [6.45, 7) is 4.24. The molecule has 0 heterocycles. The molecule has 0 aliphatic rings. The van der Waals surface area contributed by atoms with Crippen LogP contribution in [0.1, 0.15) is 29.3 Å². The van der Waals surface area contributed by atoms with Gasteiger partial charge in [-0.3, -0.25) is 14.9 Å². The van der Waals surface area contributed by atoms with E-state index in [0.717, 1.165) is 12.0 Å². The Morgan fingerprint density at radius 2 is 2.00 bits per heavy atom. The lowest BCUT2D eigenvalue weighted by Gasteiger charge is -2.10. The topological polar surface area (TPSA) is 81.5 Å². The van der Waals surface area contributed by atoms with Crippen LogP contribution in [0.4, 0.5) is 11.4 Å². The number of hydrogen-bond donors (Lipinski definition) is 1. The maximum absolute atomic E-state index is 12.3. The summed E-state index contributed by atoms with van der Waals surface area (Å²) in [6, 6.07) is 11.5. The van der Waals surface area contributed by atoms with E-state index in [4.69, 9.17) is 4.74 Å². The van der Waals surface area contributed by atoms with Gasteiger partial charge in [0.2, 0.25) is 0 Å². The van der Waals surface area contributed by atoms with Gasteiger partial charge in [0.1, 0.15) is 11.4 Å². The van der Waals surface area contributed by atoms with Gasteiger partial charge in [-0.1, -0.05) is 25.1 Å². The molecule has 6 heteroatoms. The molecule has 1 N–H and O–H groups in total. The first kappa shape index (κ1) is 16.5. The first-order valence-corrected chi connectivity index (χ1v) is 7.31. The summed E-state index contributed by atoms with van der Waals surface area (Å²) < 4.78 is 5.39. The maximum atomic E-state index is 12.3. The van der Waals surface area contributed by atoms with E-state index in [2.05, 4.69) is 5.32 Å². The summed E-state index contributed by atoms with van der Waals surface area (Å²) in [7, 11) is 0. The van der Waals surface area contributed by atoms with E-state index in [1.807, 2.05) is 26.0 Å². The van der Waals surface area contributed by atoms with Crippen molar-refractivity contribution in [2.75, 3.05) is 11.9 Å². The second-order valence-corrected chi connectivity index (χ2v) is 5.05. The van der Waals surface area contributed by atoms with Gasteiger partial charge in [0.25, 0.3) is 11.6 Å². The quantitative estimate of drug-likeness (QED) is 0.646. The smallest absolute Gasteiger partial charge is 0.296 e. The number of benzene rings is 2. The molecular weight excluding hydrogens is 296 g/mol. The van der Waals surface area contributed by atoms with E-state index in [-0.39, 0.29) is 17.3 Å². The molecule has 0 saturated heterocycles. The third-order valence-corrected chi connectivity index (χ3v) is 3.28. The van der Waals surface area contributed by atoms with Crippen molar-refractivity contribution in [2.45, 2.75) is 20.3 Å². The second-order valence-electron chi connectivity index (χ2n) is 5.05. The number of anilines is 1. The summed E-state index contributed by atoms with van der Waals surface area (Å²) >= 11 is 0. The number of nitro groups is 1. The number of hydrogen-bond acceptors (Lipinski definition) is 4. The van der Waals surface area contributed by atoms with E-state index < -0.39 is 4.92 Å². The van der Waals surface area contributed by atoms with Crippen LogP contribution in [0.15, 0.2) is 42.5 Å². The lowest BCUT2D eigenvalue weighted by molar-refractivity contribution is -0.384. The number of amides is 1. The molecule has 6 nitrogen and oxygen atoms in total. The number of carbonyl (C=O) groups excluding carboxylic acids is 1. The van der Waals surface area contributed by atoms with Gasteiger partial charge < -0.3 is 10.1 Å². The van der Waals surface area contributed by atoms with E-state index in [1.54, 1.807) is 18.2 Å². The van der Waals surface area contributed by atoms with Crippen LogP contribution in [0.25, 0.3) is 0 Å². The Morgan fingerprint density at radius 1 is 1.26 bits per heavy atom. The number of nitrogens with zero attached hydrogens (tertiary/aromatic N) is 1. The predicted octanol–water partition coefficient (Wildman–Crippen LogP) is 3.94. The molecule has 120 valence electrons. The zero-order valence-corrected chi connectivity index (χ0v) is 13.0. The normalized spacial score (nSPS) is 10.2. The van der Waals surface area contributed by atoms with Crippen LogP contribution < -0.4 is 10.1 Å². The van der Waals surface area contributed by atoms with E-state index >= 15 is 0 Å². The molecule has 2 rings (SSSR count). The summed E-state index contributed by atoms with van der Waals surface area (Å²) in [5, 5.41) is 13.8. The molecule has 0 aliphatic heterocycles. The highest BCUT2D eigenvalue weighted by molar-refractivity contribution is 6.06. The lowest BCUT2D eigenvalue weighted by Crippen LogP contribution is -2.14. The summed E-state index contributed by atoms with van der Waals surface area (Å²) in [5.74, 6) is 0.0286. The highest BCUT2D eigenvalue weighted by Gasteiger charge is 2.18. The number of nitro benzene ring substituents is 1. The van der Waals surface area contributed by atoms with Crippen LogP contribution >= 0.6 is 0 Å². The maximum Gasteiger partial charge on any atom is 0.296 e. The SMILES string of the molecule is CCCOc1ccc(NC(=O)c2ccccc2C)c([N+](=O)[O-])c1. The number of nitrogens with one attached hydrogen (secondary N) is 1. The zero-order chi connectivity index (χ0) is 16.8. The molecule has 23 heavy (non-hydrogen) atoms. The van der Waals surface area contributed by atoms with Crippen LogP contribution in [0.3, 0.4) is 0 Å². The molecule has 0 atom stereocenters. The Hall–Kier alpha value is -2.89. The fraction of sp³-hybridized carbons (Fsp3) is 0.235. The minimum absolute atomic E-state index is 0.145. The monoisotopic (exact) mass is 314 g/mol. The Labute approximate surface area is 134 Å². The fourth-order valence-electron chi connectivity index (χ4n) is 2.10. The third-order valence-electron chi connectivity index (χ3n) is 3.28. The van der Waals surface area contributed by atoms with Crippen molar-refractivity contribution in [1.29, 1.82) is 0 Å². The molecule has 0 radical (unpaired) electrons. The molecule has 2 aromatic rings. The third kappa shape index (κ3) is 4.06. The van der Waals surface area contributed by atoms with Crippen molar-refractivity contribution in [2.24, 2.45) is 0 Å². The molecule has 0 bridgehead atoms. The summed E-state index contributed by atoms with van der Waals surface area (Å²) in [5.41, 5.74) is 1.23. The van der Waals surface area contributed by atoms with E-state index in [0.29, 0.717) is 17.9 Å². The Balaban J connectivity index is 2.27. The largest absolute Gasteiger partial charge is 0.493 e. The molecule has 0 unspecified atom stereocenters. The van der Waals surface area contributed by atoms with E-state index in [9.17, 15) is 14.9 Å². The van der Waals surface area contributed by atoms with E-state index in [1.165, 1.54) is 12.1 Å². The Kier molecular flexibility index (Phi) is 5.30. The van der Waals surface area contributed by atoms with Crippen molar-refractivity contribution in [3.05, 3.63) is 63.7 Å². The molecule has 2 aromatic carbocycles. The number of carbonyl (C=O) groups is 1. The van der Waals surface area contributed by atoms with Crippen molar-refractivity contribution < 1.29 is 14.5 Å². The molecule has 0 aromatic heterocycles. The van der Waals surface area contributed by atoms with Crippen LogP contribution in [0, 0.1) is 17.0 Å². The van der Waals surface area contributed by atoms with Gasteiger partial charge in [-0.05, 0) is 37.1 Å². The second kappa shape index (κ2) is 7.40. The predicted molar refractivity (Wildman–Crippen MR) is 88.0 cm³/mol. The minimum Gasteiger partial charge on any atom is -0.493 e. The van der Waals surface area contributed by atoms with Crippen LogP contribution in [0.5, 0.6) is 5.75 Å². The molecule has 0 fully saturated rings. The standard InChI is InChI=1S/C17H18N2O4/c1-3-10-23-13-8-9-15(16(11-13)19(21)22)18-17(20)14-7-5-4-6-12(14)2/h4-9,11H,3,10H2,1-2H3,(H,18,20). The van der Waals surface area contributed by atoms with Gasteiger partial charge >= 0.3 is 0 Å². The number of ether oxygens (including phenoxy) is 1. The van der Waals surface area contributed by atoms with Crippen molar-refractivity contribution >= 4 is 17.3 Å². The highest BCUT2D eigenvalue weighted by Crippen LogP contribution is 2.29. The minimum atomic E-state index is -0.535. The molecule has 0 aliphatic carbocycles. The molecule has 0 spiro atoms. The molecule has 1 amide bonds. The average Bonchev–Trinajstić information content (AvgIpc) is 2.54. The average molecular weight is 314 g/mol.